The molecular formula is C15H19ClN4O. The van der Waals surface area contributed by atoms with Gasteiger partial charge in [-0.1, -0.05) is 0 Å². The lowest BCUT2D eigenvalue weighted by Crippen LogP contribution is -2.38. The Labute approximate surface area is 130 Å². The summed E-state index contributed by atoms with van der Waals surface area (Å²) in [7, 11) is 0. The second kappa shape index (κ2) is 7.33. The van der Waals surface area contributed by atoms with E-state index in [4.69, 9.17) is 0 Å². The van der Waals surface area contributed by atoms with Crippen molar-refractivity contribution >= 4 is 29.3 Å². The van der Waals surface area contributed by atoms with Crippen LogP contribution >= 0.6 is 12.4 Å². The van der Waals surface area contributed by atoms with E-state index in [1.165, 1.54) is 12.8 Å². The Morgan fingerprint density at radius 2 is 2.10 bits per heavy atom. The molecule has 1 fully saturated rings. The van der Waals surface area contributed by atoms with Gasteiger partial charge in [-0.3, -0.25) is 14.8 Å². The van der Waals surface area contributed by atoms with Gasteiger partial charge >= 0.3 is 0 Å². The van der Waals surface area contributed by atoms with Gasteiger partial charge in [0.2, 0.25) is 0 Å². The van der Waals surface area contributed by atoms with E-state index in [9.17, 15) is 4.79 Å². The molecule has 6 heteroatoms. The first-order valence-corrected chi connectivity index (χ1v) is 7.02. The van der Waals surface area contributed by atoms with E-state index in [0.717, 1.165) is 30.7 Å². The van der Waals surface area contributed by atoms with Gasteiger partial charge in [0.15, 0.2) is 0 Å². The molecule has 2 heterocycles. The fourth-order valence-corrected chi connectivity index (χ4v) is 2.54. The number of hydrogen-bond acceptors (Lipinski definition) is 4. The van der Waals surface area contributed by atoms with E-state index in [-0.39, 0.29) is 18.3 Å². The minimum atomic E-state index is -0.0388. The van der Waals surface area contributed by atoms with Crippen LogP contribution in [-0.2, 0) is 0 Å². The van der Waals surface area contributed by atoms with Crippen molar-refractivity contribution in [1.82, 2.24) is 20.6 Å². The number of nitrogens with one attached hydrogen (secondary N) is 2. The molecule has 112 valence electrons. The second-order valence-electron chi connectivity index (χ2n) is 5.18. The molecule has 3 rings (SSSR count). The number of rotatable bonds is 3. The predicted octanol–water partition coefficient (Wildman–Crippen LogP) is 1.78. The highest BCUT2D eigenvalue weighted by Gasteiger charge is 2.14. The van der Waals surface area contributed by atoms with E-state index in [1.807, 2.05) is 6.07 Å². The first-order chi connectivity index (χ1) is 9.83. The molecule has 1 aromatic carbocycles. The zero-order valence-corrected chi connectivity index (χ0v) is 12.5. The molecular weight excluding hydrogens is 288 g/mol. The molecule has 0 bridgehead atoms. The maximum absolute atomic E-state index is 12.2. The first-order valence-electron chi connectivity index (χ1n) is 7.02. The summed E-state index contributed by atoms with van der Waals surface area (Å²) in [6.45, 7) is 2.81. The van der Waals surface area contributed by atoms with Crippen LogP contribution in [0.4, 0.5) is 0 Å². The van der Waals surface area contributed by atoms with Crippen molar-refractivity contribution < 1.29 is 4.79 Å². The zero-order valence-electron chi connectivity index (χ0n) is 11.7. The molecule has 2 aromatic rings. The summed E-state index contributed by atoms with van der Waals surface area (Å²) in [6, 6.07) is 5.42. The molecule has 1 aromatic heterocycles. The molecule has 21 heavy (non-hydrogen) atoms. The maximum Gasteiger partial charge on any atom is 0.251 e. The van der Waals surface area contributed by atoms with Crippen LogP contribution in [0.15, 0.2) is 30.6 Å². The fraction of sp³-hybridized carbons (Fsp3) is 0.400. The van der Waals surface area contributed by atoms with Crippen molar-refractivity contribution in [2.45, 2.75) is 12.8 Å². The number of halogens is 1. The molecule has 1 unspecified atom stereocenters. The molecule has 5 nitrogen and oxygen atoms in total. The summed E-state index contributed by atoms with van der Waals surface area (Å²) < 4.78 is 0. The van der Waals surface area contributed by atoms with Gasteiger partial charge in [-0.25, -0.2) is 0 Å². The summed E-state index contributed by atoms with van der Waals surface area (Å²) in [5, 5.41) is 6.36. The lowest BCUT2D eigenvalue weighted by Gasteiger charge is -2.22. The van der Waals surface area contributed by atoms with Gasteiger partial charge < -0.3 is 10.6 Å². The van der Waals surface area contributed by atoms with Gasteiger partial charge in [0, 0.05) is 24.5 Å². The number of carbonyl (C=O) groups excluding carboxylic acids is 1. The maximum atomic E-state index is 12.2. The Morgan fingerprint density at radius 3 is 2.86 bits per heavy atom. The van der Waals surface area contributed by atoms with Gasteiger partial charge in [0.05, 0.1) is 11.0 Å². The van der Waals surface area contributed by atoms with Crippen LogP contribution in [0.1, 0.15) is 23.2 Å². The topological polar surface area (TPSA) is 66.9 Å². The Kier molecular flexibility index (Phi) is 5.47. The Hall–Kier alpha value is -1.72. The molecule has 0 saturated carbocycles. The van der Waals surface area contributed by atoms with Crippen molar-refractivity contribution in [3.63, 3.8) is 0 Å². The van der Waals surface area contributed by atoms with Crippen molar-refractivity contribution in [3.05, 3.63) is 36.2 Å². The monoisotopic (exact) mass is 306 g/mol. The van der Waals surface area contributed by atoms with Crippen LogP contribution in [-0.4, -0.2) is 35.5 Å². The molecule has 0 aliphatic carbocycles. The van der Waals surface area contributed by atoms with E-state index < -0.39 is 0 Å². The molecule has 1 aliphatic heterocycles. The number of fused-ring (bicyclic) bond motifs is 1. The SMILES string of the molecule is Cl.O=C(NCC1CCCNC1)c1ccc2nccnc2c1. The highest BCUT2D eigenvalue weighted by atomic mass is 35.5. The van der Waals surface area contributed by atoms with E-state index in [2.05, 4.69) is 20.6 Å². The van der Waals surface area contributed by atoms with Crippen LogP contribution in [0.5, 0.6) is 0 Å². The molecule has 0 radical (unpaired) electrons. The van der Waals surface area contributed by atoms with Gasteiger partial charge in [-0.15, -0.1) is 12.4 Å². The molecule has 1 aliphatic rings. The smallest absolute Gasteiger partial charge is 0.251 e. The summed E-state index contributed by atoms with van der Waals surface area (Å²) in [5.74, 6) is 0.496. The molecule has 0 spiro atoms. The zero-order chi connectivity index (χ0) is 13.8. The number of nitrogens with zero attached hydrogens (tertiary/aromatic N) is 2. The predicted molar refractivity (Wildman–Crippen MR) is 84.7 cm³/mol. The molecule has 2 N–H and O–H groups in total. The number of hydrogen-bond donors (Lipinski definition) is 2. The van der Waals surface area contributed by atoms with Gasteiger partial charge in [-0.2, -0.15) is 0 Å². The van der Waals surface area contributed by atoms with Crippen molar-refractivity contribution in [2.24, 2.45) is 5.92 Å². The number of benzene rings is 1. The van der Waals surface area contributed by atoms with Gasteiger partial charge in [0.1, 0.15) is 0 Å². The quantitative estimate of drug-likeness (QED) is 0.907. The van der Waals surface area contributed by atoms with Crippen LogP contribution in [0.25, 0.3) is 11.0 Å². The fourth-order valence-electron chi connectivity index (χ4n) is 2.54. The van der Waals surface area contributed by atoms with Crippen molar-refractivity contribution in [3.8, 4) is 0 Å². The highest BCUT2D eigenvalue weighted by Crippen LogP contribution is 2.12. The third-order valence-electron chi connectivity index (χ3n) is 3.68. The Balaban J connectivity index is 0.00000161. The van der Waals surface area contributed by atoms with Gasteiger partial charge in [0.25, 0.3) is 5.91 Å². The summed E-state index contributed by atoms with van der Waals surface area (Å²) in [5.41, 5.74) is 2.20. The third-order valence-corrected chi connectivity index (χ3v) is 3.68. The lowest BCUT2D eigenvalue weighted by molar-refractivity contribution is 0.0945. The number of carbonyl (C=O) groups is 1. The van der Waals surface area contributed by atoms with Crippen LogP contribution in [0.2, 0.25) is 0 Å². The Bertz CT molecular complexity index is 613. The largest absolute Gasteiger partial charge is 0.352 e. The number of piperidine rings is 1. The molecule has 1 amide bonds. The average molecular weight is 307 g/mol. The molecule has 1 saturated heterocycles. The minimum absolute atomic E-state index is 0. The van der Waals surface area contributed by atoms with Crippen molar-refractivity contribution in [2.75, 3.05) is 19.6 Å². The normalized spacial score (nSPS) is 18.0. The van der Waals surface area contributed by atoms with Crippen LogP contribution in [0, 0.1) is 5.92 Å². The molecule has 1 atom stereocenters. The third kappa shape index (κ3) is 3.89. The van der Waals surface area contributed by atoms with E-state index >= 15 is 0 Å². The summed E-state index contributed by atoms with van der Waals surface area (Å²) in [4.78, 5) is 20.6. The summed E-state index contributed by atoms with van der Waals surface area (Å²) >= 11 is 0. The number of amides is 1. The van der Waals surface area contributed by atoms with Crippen LogP contribution < -0.4 is 10.6 Å². The van der Waals surface area contributed by atoms with E-state index in [1.54, 1.807) is 24.5 Å². The highest BCUT2D eigenvalue weighted by molar-refractivity contribution is 5.97. The van der Waals surface area contributed by atoms with Crippen LogP contribution in [0.3, 0.4) is 0 Å². The van der Waals surface area contributed by atoms with E-state index in [0.29, 0.717) is 11.5 Å². The number of aromatic nitrogens is 2. The van der Waals surface area contributed by atoms with Gasteiger partial charge in [-0.05, 0) is 50.0 Å². The first kappa shape index (κ1) is 15.7. The minimum Gasteiger partial charge on any atom is -0.352 e. The Morgan fingerprint density at radius 1 is 1.29 bits per heavy atom. The second-order valence-corrected chi connectivity index (χ2v) is 5.18. The standard InChI is InChI=1S/C15H18N4O.ClH/c20-15(19-10-11-2-1-5-16-9-11)12-3-4-13-14(8-12)18-7-6-17-13;/h3-4,6-8,11,16H,1-2,5,9-10H2,(H,19,20);1H. The van der Waals surface area contributed by atoms with Crippen molar-refractivity contribution in [1.29, 1.82) is 0 Å². The lowest BCUT2D eigenvalue weighted by atomic mass is 9.99. The summed E-state index contributed by atoms with van der Waals surface area (Å²) in [6.07, 6.45) is 5.65. The average Bonchev–Trinajstić information content (AvgIpc) is 2.53.